The monoisotopic (exact) mass is 726 g/mol. The van der Waals surface area contributed by atoms with Gasteiger partial charge < -0.3 is 0 Å². The number of aliphatic hydroxyl groups is 3. The van der Waals surface area contributed by atoms with Gasteiger partial charge in [0.2, 0.25) is 0 Å². The molecule has 0 unspecified atom stereocenters. The number of fused-ring (bicyclic) bond motifs is 1. The Morgan fingerprint density at radius 2 is 1.47 bits per heavy atom. The molecule has 3 N–H and O–H groups in total. The molecule has 3 aromatic carbocycles. The summed E-state index contributed by atoms with van der Waals surface area (Å²) in [6, 6.07) is 11.8. The molecule has 1 aliphatic rings. The van der Waals surface area contributed by atoms with Gasteiger partial charge in [-0.25, -0.2) is 0 Å². The average Bonchev–Trinajstić information content (AvgIpc) is 3.07. The second kappa shape index (κ2) is 11.2. The van der Waals surface area contributed by atoms with E-state index in [1.54, 1.807) is 27.7 Å². The van der Waals surface area contributed by atoms with Crippen LogP contribution in [0.4, 0.5) is 18.9 Å². The molecule has 0 amide bonds. The second-order valence-corrected chi connectivity index (χ2v) is 11.2. The van der Waals surface area contributed by atoms with Gasteiger partial charge in [0, 0.05) is 0 Å². The van der Waals surface area contributed by atoms with Crippen molar-refractivity contribution in [1.29, 1.82) is 0 Å². The van der Waals surface area contributed by atoms with Gasteiger partial charge in [0.1, 0.15) is 0 Å². The van der Waals surface area contributed by atoms with Crippen molar-refractivity contribution in [1.82, 2.24) is 0 Å². The standard InChI is InChI=1S/C24H22BF3NO6.C2H6.Pb/c1-22(2)23(3,4)35-25(34-22)16-11-14(29-12-13-8-6-5-7-9-13)10-15-17(16)21(33-24(30,31)32)20(28)19(27)18(15)26;1-2;/h5-11,30-32H,1-4H3;1-2H3;. The van der Waals surface area contributed by atoms with Crippen molar-refractivity contribution in [3.05, 3.63) is 65.5 Å². The van der Waals surface area contributed by atoms with Gasteiger partial charge in [-0.1, -0.05) is 13.8 Å². The third-order valence-corrected chi connectivity index (χ3v) is 7.79. The Hall–Kier alpha value is -2.03. The Kier molecular flexibility index (Phi) is 9.01. The summed E-state index contributed by atoms with van der Waals surface area (Å²) < 4.78 is 61.8. The van der Waals surface area contributed by atoms with Crippen molar-refractivity contribution >= 4 is 58.1 Å². The molecule has 0 aromatic heterocycles. The maximum absolute atomic E-state index is 15.1. The summed E-state index contributed by atoms with van der Waals surface area (Å²) in [7, 11) is -1.22. The van der Waals surface area contributed by atoms with Crippen LogP contribution in [0.25, 0.3) is 10.8 Å². The number of rotatable bonds is 5. The molecule has 0 saturated carbocycles. The number of hydrogen-bond acceptors (Lipinski definition) is 7. The molecule has 0 spiro atoms. The predicted molar refractivity (Wildman–Crippen MR) is 139 cm³/mol. The van der Waals surface area contributed by atoms with Gasteiger partial charge in [-0.05, 0) is 0 Å². The van der Waals surface area contributed by atoms with Crippen LogP contribution in [0.5, 0.6) is 5.75 Å². The van der Waals surface area contributed by atoms with Gasteiger partial charge in [0.05, 0.1) is 0 Å². The predicted octanol–water partition coefficient (Wildman–Crippen LogP) is 3.80. The van der Waals surface area contributed by atoms with Crippen LogP contribution < -0.4 is 10.2 Å². The Labute approximate surface area is 235 Å². The summed E-state index contributed by atoms with van der Waals surface area (Å²) in [5.74, 6) is -6.50. The first-order valence-corrected chi connectivity index (χ1v) is 13.8. The maximum atomic E-state index is 15.1. The van der Waals surface area contributed by atoms with Crippen molar-refractivity contribution < 1.29 is 42.5 Å². The number of hydrogen-bond donors (Lipinski definition) is 3. The van der Waals surface area contributed by atoms with E-state index in [9.17, 15) is 24.1 Å². The van der Waals surface area contributed by atoms with Crippen LogP contribution in [0, 0.1) is 17.5 Å². The van der Waals surface area contributed by atoms with Gasteiger partial charge in [0.25, 0.3) is 0 Å². The Balaban J connectivity index is 0.00000195. The fraction of sp³-hybridized carbons (Fsp3) is 0.346. The minimum absolute atomic E-state index is 0.00974. The molecule has 0 aliphatic carbocycles. The molecule has 1 saturated heterocycles. The Bertz CT molecular complexity index is 1350. The molecule has 38 heavy (non-hydrogen) atoms. The molecule has 201 valence electrons. The third kappa shape index (κ3) is 6.07. The van der Waals surface area contributed by atoms with Crippen LogP contribution in [-0.4, -0.2) is 68.8 Å². The first-order chi connectivity index (χ1) is 17.6. The molecular formula is C26H28BF3NO6Pb. The van der Waals surface area contributed by atoms with E-state index in [4.69, 9.17) is 9.31 Å². The zero-order valence-electron chi connectivity index (χ0n) is 21.8. The number of halogens is 3. The zero-order valence-corrected chi connectivity index (χ0v) is 25.7. The SMILES string of the molecule is CC.CC1(C)OB(c2cc(N=[C]([Pb])c3ccccc3)cc3c(F)c(F)c(F)c(OC(O)(O)O)c23)OC1(C)C. The fourth-order valence-electron chi connectivity index (χ4n) is 3.74. The Morgan fingerprint density at radius 3 is 2.00 bits per heavy atom. The van der Waals surface area contributed by atoms with Crippen molar-refractivity contribution in [3.8, 4) is 5.75 Å². The van der Waals surface area contributed by atoms with E-state index < -0.39 is 58.5 Å². The van der Waals surface area contributed by atoms with E-state index in [-0.39, 0.29) is 11.2 Å². The van der Waals surface area contributed by atoms with Gasteiger partial charge in [-0.2, -0.15) is 0 Å². The van der Waals surface area contributed by atoms with Gasteiger partial charge >= 0.3 is 222 Å². The molecule has 3 radical (unpaired) electrons. The average molecular weight is 726 g/mol. The molecule has 0 atom stereocenters. The molecule has 7 nitrogen and oxygen atoms in total. The quantitative estimate of drug-likeness (QED) is 0.160. The van der Waals surface area contributed by atoms with Gasteiger partial charge in [-0.15, -0.1) is 0 Å². The van der Waals surface area contributed by atoms with Crippen LogP contribution in [0.2, 0.25) is 0 Å². The van der Waals surface area contributed by atoms with E-state index in [0.717, 1.165) is 5.56 Å². The first kappa shape index (κ1) is 30.5. The van der Waals surface area contributed by atoms with Crippen LogP contribution in [0.3, 0.4) is 0 Å². The van der Waals surface area contributed by atoms with Crippen LogP contribution >= 0.6 is 0 Å². The Morgan fingerprint density at radius 1 is 0.921 bits per heavy atom. The number of ether oxygens (including phenoxy) is 1. The van der Waals surface area contributed by atoms with Crippen LogP contribution in [0.15, 0.2) is 47.5 Å². The summed E-state index contributed by atoms with van der Waals surface area (Å²) in [5, 5.41) is 27.2. The molecule has 3 aromatic rings. The van der Waals surface area contributed by atoms with Crippen molar-refractivity contribution in [2.45, 2.75) is 58.9 Å². The summed E-state index contributed by atoms with van der Waals surface area (Å²) >= 11 is 0.508. The number of nitrogens with zero attached hydrogens (tertiary/aromatic N) is 1. The van der Waals surface area contributed by atoms with E-state index in [2.05, 4.69) is 9.73 Å². The minimum atomic E-state index is -3.88. The molecule has 1 heterocycles. The normalized spacial score (nSPS) is 16.9. The van der Waals surface area contributed by atoms with E-state index >= 15 is 4.39 Å². The summed E-state index contributed by atoms with van der Waals surface area (Å²) in [4.78, 5) is 4.58. The summed E-state index contributed by atoms with van der Waals surface area (Å²) in [5.41, 5.74) is -0.696. The van der Waals surface area contributed by atoms with Gasteiger partial charge in [-0.3, -0.25) is 0 Å². The second-order valence-electron chi connectivity index (χ2n) is 9.32. The number of aliphatic imine (C=N–C) groups is 1. The topological polar surface area (TPSA) is 101 Å². The molecule has 4 rings (SSSR count). The first-order valence-electron chi connectivity index (χ1n) is 11.8. The molecule has 1 fully saturated rings. The third-order valence-electron chi connectivity index (χ3n) is 6.24. The zero-order chi connectivity index (χ0) is 28.6. The fourth-order valence-corrected chi connectivity index (χ4v) is 4.89. The van der Waals surface area contributed by atoms with Crippen molar-refractivity contribution in [2.24, 2.45) is 4.99 Å². The van der Waals surface area contributed by atoms with Crippen molar-refractivity contribution in [3.63, 3.8) is 0 Å². The molecule has 0 bridgehead atoms. The van der Waals surface area contributed by atoms with E-state index in [1.807, 2.05) is 44.2 Å². The van der Waals surface area contributed by atoms with E-state index in [1.165, 1.54) is 12.1 Å². The molecule has 12 heteroatoms. The van der Waals surface area contributed by atoms with Crippen LogP contribution in [-0.2, 0) is 9.31 Å². The van der Waals surface area contributed by atoms with E-state index in [0.29, 0.717) is 29.0 Å². The number of benzene rings is 3. The van der Waals surface area contributed by atoms with Crippen LogP contribution in [0.1, 0.15) is 47.1 Å². The van der Waals surface area contributed by atoms with Gasteiger partial charge in [0.15, 0.2) is 0 Å². The molecular weight excluding hydrogens is 697 g/mol. The summed E-state index contributed by atoms with van der Waals surface area (Å²) in [6.07, 6.45) is -3.88. The molecule has 1 aliphatic heterocycles. The summed E-state index contributed by atoms with van der Waals surface area (Å²) in [6.45, 7) is 11.1. The van der Waals surface area contributed by atoms with Crippen molar-refractivity contribution in [2.75, 3.05) is 0 Å².